The van der Waals surface area contributed by atoms with Gasteiger partial charge in [-0.15, -0.1) is 12.4 Å². The van der Waals surface area contributed by atoms with Crippen LogP contribution < -0.4 is 15.4 Å². The highest BCUT2D eigenvalue weighted by Crippen LogP contribution is 2.21. The maximum absolute atomic E-state index is 12.0. The van der Waals surface area contributed by atoms with Crippen LogP contribution in [-0.2, 0) is 4.79 Å². The fraction of sp³-hybridized carbons (Fsp3) is 0.500. The molecule has 2 N–H and O–H groups in total. The summed E-state index contributed by atoms with van der Waals surface area (Å²) in [7, 11) is 0. The van der Waals surface area contributed by atoms with Crippen LogP contribution in [-0.4, -0.2) is 31.8 Å². The van der Waals surface area contributed by atoms with Crippen molar-refractivity contribution < 1.29 is 22.7 Å². The Labute approximate surface area is 132 Å². The number of ether oxygens (including phenoxy) is 1. The fourth-order valence-corrected chi connectivity index (χ4v) is 2.16. The standard InChI is InChI=1S/C14H17F3N2O2.ClH/c15-14(16,17)9-21-12-3-1-11(2-4-12)19-13(20)7-10-5-6-18-8-10;/h1-4,10,18H,5-9H2,(H,19,20);1H. The Hall–Kier alpha value is -1.47. The average molecular weight is 339 g/mol. The average Bonchev–Trinajstić information content (AvgIpc) is 2.89. The van der Waals surface area contributed by atoms with Gasteiger partial charge in [-0.3, -0.25) is 4.79 Å². The summed E-state index contributed by atoms with van der Waals surface area (Å²) in [5.41, 5.74) is 0.547. The summed E-state index contributed by atoms with van der Waals surface area (Å²) in [5.74, 6) is 0.373. The van der Waals surface area contributed by atoms with Gasteiger partial charge in [0.15, 0.2) is 6.61 Å². The van der Waals surface area contributed by atoms with E-state index in [9.17, 15) is 18.0 Å². The quantitative estimate of drug-likeness (QED) is 0.867. The molecule has 0 aliphatic carbocycles. The first kappa shape index (κ1) is 18.6. The van der Waals surface area contributed by atoms with Crippen LogP contribution in [0.4, 0.5) is 18.9 Å². The van der Waals surface area contributed by atoms with Gasteiger partial charge in [0.25, 0.3) is 0 Å². The Bertz CT molecular complexity index is 474. The van der Waals surface area contributed by atoms with E-state index in [1.807, 2.05) is 0 Å². The second kappa shape index (κ2) is 8.24. The van der Waals surface area contributed by atoms with Crippen LogP contribution in [0.5, 0.6) is 5.75 Å². The highest BCUT2D eigenvalue weighted by molar-refractivity contribution is 5.90. The number of hydrogen-bond donors (Lipinski definition) is 2. The number of amides is 1. The number of carbonyl (C=O) groups excluding carboxylic acids is 1. The maximum Gasteiger partial charge on any atom is 0.422 e. The van der Waals surface area contributed by atoms with E-state index in [1.54, 1.807) is 0 Å². The molecule has 1 aromatic rings. The second-order valence-corrected chi connectivity index (χ2v) is 5.04. The summed E-state index contributed by atoms with van der Waals surface area (Å²) in [6.07, 6.45) is -2.93. The van der Waals surface area contributed by atoms with Crippen molar-refractivity contribution in [3.05, 3.63) is 24.3 Å². The molecule has 0 radical (unpaired) electrons. The van der Waals surface area contributed by atoms with Gasteiger partial charge < -0.3 is 15.4 Å². The van der Waals surface area contributed by atoms with Gasteiger partial charge in [-0.1, -0.05) is 0 Å². The van der Waals surface area contributed by atoms with E-state index in [1.165, 1.54) is 24.3 Å². The van der Waals surface area contributed by atoms with Crippen molar-refractivity contribution in [3.8, 4) is 5.75 Å². The molecule has 8 heteroatoms. The first-order valence-electron chi connectivity index (χ1n) is 6.72. The molecule has 1 aliphatic rings. The smallest absolute Gasteiger partial charge is 0.422 e. The molecule has 1 unspecified atom stereocenters. The Balaban J connectivity index is 0.00000242. The van der Waals surface area contributed by atoms with Crippen molar-refractivity contribution in [3.63, 3.8) is 0 Å². The minimum Gasteiger partial charge on any atom is -0.484 e. The van der Waals surface area contributed by atoms with Crippen molar-refractivity contribution in [2.45, 2.75) is 19.0 Å². The molecule has 1 atom stereocenters. The van der Waals surface area contributed by atoms with Gasteiger partial charge in [0, 0.05) is 12.1 Å². The number of nitrogens with one attached hydrogen (secondary N) is 2. The normalized spacial score (nSPS) is 17.7. The van der Waals surface area contributed by atoms with Crippen LogP contribution in [0, 0.1) is 5.92 Å². The largest absolute Gasteiger partial charge is 0.484 e. The Morgan fingerprint density at radius 2 is 2.00 bits per heavy atom. The van der Waals surface area contributed by atoms with Crippen LogP contribution in [0.1, 0.15) is 12.8 Å². The van der Waals surface area contributed by atoms with Crippen LogP contribution in [0.2, 0.25) is 0 Å². The number of alkyl halides is 3. The van der Waals surface area contributed by atoms with Gasteiger partial charge in [0.05, 0.1) is 0 Å². The molecule has 22 heavy (non-hydrogen) atoms. The lowest BCUT2D eigenvalue weighted by atomic mass is 10.0. The molecule has 4 nitrogen and oxygen atoms in total. The lowest BCUT2D eigenvalue weighted by Crippen LogP contribution is -2.19. The molecule has 1 aliphatic heterocycles. The van der Waals surface area contributed by atoms with Crippen molar-refractivity contribution in [1.82, 2.24) is 5.32 Å². The number of carbonyl (C=O) groups is 1. The number of hydrogen-bond acceptors (Lipinski definition) is 3. The zero-order chi connectivity index (χ0) is 15.3. The summed E-state index contributed by atoms with van der Waals surface area (Å²) in [6.45, 7) is 0.453. The molecule has 1 saturated heterocycles. The van der Waals surface area contributed by atoms with Crippen LogP contribution in [0.3, 0.4) is 0 Å². The van der Waals surface area contributed by atoms with E-state index in [0.717, 1.165) is 19.5 Å². The van der Waals surface area contributed by atoms with E-state index in [2.05, 4.69) is 15.4 Å². The van der Waals surface area contributed by atoms with Gasteiger partial charge in [-0.25, -0.2) is 0 Å². The number of rotatable bonds is 5. The van der Waals surface area contributed by atoms with Crippen molar-refractivity contribution in [2.24, 2.45) is 5.92 Å². The molecule has 1 amide bonds. The molecular formula is C14H18ClF3N2O2. The molecule has 124 valence electrons. The molecule has 0 spiro atoms. The Kier molecular flexibility index (Phi) is 6.96. The summed E-state index contributed by atoms with van der Waals surface area (Å²) >= 11 is 0. The van der Waals surface area contributed by atoms with Gasteiger partial charge in [0.1, 0.15) is 5.75 Å². The topological polar surface area (TPSA) is 50.4 Å². The molecule has 1 aromatic carbocycles. The second-order valence-electron chi connectivity index (χ2n) is 5.04. The van der Waals surface area contributed by atoms with Crippen molar-refractivity contribution in [2.75, 3.05) is 25.0 Å². The summed E-state index contributed by atoms with van der Waals surface area (Å²) in [6, 6.07) is 5.85. The van der Waals surface area contributed by atoms with E-state index in [0.29, 0.717) is 18.0 Å². The highest BCUT2D eigenvalue weighted by atomic mass is 35.5. The summed E-state index contributed by atoms with van der Waals surface area (Å²) < 4.78 is 40.6. The third-order valence-corrected chi connectivity index (χ3v) is 3.18. The summed E-state index contributed by atoms with van der Waals surface area (Å²) in [4.78, 5) is 11.8. The number of halogens is 4. The Morgan fingerprint density at radius 3 is 2.55 bits per heavy atom. The van der Waals surface area contributed by atoms with Gasteiger partial charge >= 0.3 is 6.18 Å². The van der Waals surface area contributed by atoms with E-state index < -0.39 is 12.8 Å². The molecule has 1 heterocycles. The first-order chi connectivity index (χ1) is 9.92. The Morgan fingerprint density at radius 1 is 1.32 bits per heavy atom. The molecule has 0 aromatic heterocycles. The molecule has 2 rings (SSSR count). The molecular weight excluding hydrogens is 321 g/mol. The van der Waals surface area contributed by atoms with Crippen molar-refractivity contribution >= 4 is 24.0 Å². The van der Waals surface area contributed by atoms with E-state index in [4.69, 9.17) is 0 Å². The van der Waals surface area contributed by atoms with Crippen molar-refractivity contribution in [1.29, 1.82) is 0 Å². The van der Waals surface area contributed by atoms with Crippen LogP contribution in [0.15, 0.2) is 24.3 Å². The monoisotopic (exact) mass is 338 g/mol. The van der Waals surface area contributed by atoms with E-state index in [-0.39, 0.29) is 24.1 Å². The predicted octanol–water partition coefficient (Wildman–Crippen LogP) is 2.99. The zero-order valence-corrected chi connectivity index (χ0v) is 12.6. The lowest BCUT2D eigenvalue weighted by Gasteiger charge is -2.11. The summed E-state index contributed by atoms with van der Waals surface area (Å²) in [5, 5.41) is 5.91. The lowest BCUT2D eigenvalue weighted by molar-refractivity contribution is -0.153. The predicted molar refractivity (Wildman–Crippen MR) is 79.5 cm³/mol. The van der Waals surface area contributed by atoms with Gasteiger partial charge in [-0.05, 0) is 49.7 Å². The van der Waals surface area contributed by atoms with Gasteiger partial charge in [0.2, 0.25) is 5.91 Å². The van der Waals surface area contributed by atoms with E-state index >= 15 is 0 Å². The number of anilines is 1. The molecule has 1 fully saturated rings. The highest BCUT2D eigenvalue weighted by Gasteiger charge is 2.28. The third kappa shape index (κ3) is 6.53. The first-order valence-corrected chi connectivity index (χ1v) is 6.72. The minimum absolute atomic E-state index is 0. The molecule has 0 saturated carbocycles. The van der Waals surface area contributed by atoms with Crippen LogP contribution in [0.25, 0.3) is 0 Å². The zero-order valence-electron chi connectivity index (χ0n) is 11.8. The minimum atomic E-state index is -4.36. The number of benzene rings is 1. The van der Waals surface area contributed by atoms with Crippen LogP contribution >= 0.6 is 12.4 Å². The maximum atomic E-state index is 12.0. The molecule has 0 bridgehead atoms. The van der Waals surface area contributed by atoms with Gasteiger partial charge in [-0.2, -0.15) is 13.2 Å². The SMILES string of the molecule is Cl.O=C(CC1CCNC1)Nc1ccc(OCC(F)(F)F)cc1. The fourth-order valence-electron chi connectivity index (χ4n) is 2.16. The third-order valence-electron chi connectivity index (χ3n) is 3.18.